The van der Waals surface area contributed by atoms with Crippen molar-refractivity contribution >= 4 is 17.5 Å². The van der Waals surface area contributed by atoms with Gasteiger partial charge in [-0.05, 0) is 25.0 Å². The molecule has 2 atom stereocenters. The Morgan fingerprint density at radius 2 is 2.26 bits per heavy atom. The Balaban J connectivity index is 2.05. The van der Waals surface area contributed by atoms with Crippen LogP contribution in [0.1, 0.15) is 31.7 Å². The number of rotatable bonds is 5. The molecule has 1 aliphatic rings. The fourth-order valence-electron chi connectivity index (χ4n) is 3.26. The van der Waals surface area contributed by atoms with Crippen LogP contribution in [0.15, 0.2) is 18.2 Å². The predicted molar refractivity (Wildman–Crippen MR) is 86.7 cm³/mol. The molecule has 23 heavy (non-hydrogen) atoms. The maximum absolute atomic E-state index is 13.8. The maximum atomic E-state index is 13.8. The van der Waals surface area contributed by atoms with Gasteiger partial charge < -0.3 is 15.1 Å². The van der Waals surface area contributed by atoms with E-state index in [1.807, 2.05) is 6.92 Å². The fraction of sp³-hybridized carbons (Fsp3) is 0.588. The first-order valence-corrected chi connectivity index (χ1v) is 8.31. The highest BCUT2D eigenvalue weighted by Crippen LogP contribution is 2.36. The van der Waals surface area contributed by atoms with Crippen molar-refractivity contribution in [1.29, 1.82) is 0 Å². The Bertz CT molecular complexity index is 549. The van der Waals surface area contributed by atoms with E-state index in [4.69, 9.17) is 11.6 Å². The SMILES string of the molecule is CCC[C@]1(CO)CCN(C(=O)Cc2c(F)cccc2Cl)C[C@H]1O. The highest BCUT2D eigenvalue weighted by molar-refractivity contribution is 6.31. The normalized spacial score (nSPS) is 24.7. The van der Waals surface area contributed by atoms with Gasteiger partial charge in [0.15, 0.2) is 0 Å². The minimum absolute atomic E-state index is 0.0941. The summed E-state index contributed by atoms with van der Waals surface area (Å²) in [5.74, 6) is -0.766. The lowest BCUT2D eigenvalue weighted by Crippen LogP contribution is -2.54. The van der Waals surface area contributed by atoms with E-state index >= 15 is 0 Å². The zero-order valence-corrected chi connectivity index (χ0v) is 14.0. The molecular formula is C17H23ClFNO3. The topological polar surface area (TPSA) is 60.8 Å². The van der Waals surface area contributed by atoms with Gasteiger partial charge in [0.1, 0.15) is 5.82 Å². The van der Waals surface area contributed by atoms with Crippen LogP contribution in [-0.4, -0.2) is 46.8 Å². The maximum Gasteiger partial charge on any atom is 0.227 e. The van der Waals surface area contributed by atoms with Crippen LogP contribution in [0.25, 0.3) is 0 Å². The van der Waals surface area contributed by atoms with Crippen molar-refractivity contribution in [3.8, 4) is 0 Å². The van der Waals surface area contributed by atoms with Crippen molar-refractivity contribution in [1.82, 2.24) is 4.90 Å². The van der Waals surface area contributed by atoms with Crippen molar-refractivity contribution < 1.29 is 19.4 Å². The molecule has 2 N–H and O–H groups in total. The number of halogens is 2. The Labute approximate surface area is 140 Å². The van der Waals surface area contributed by atoms with Crippen molar-refractivity contribution in [2.24, 2.45) is 5.41 Å². The lowest BCUT2D eigenvalue weighted by atomic mass is 9.73. The number of amides is 1. The molecule has 0 aliphatic carbocycles. The number of nitrogens with zero attached hydrogens (tertiary/aromatic N) is 1. The molecule has 1 saturated heterocycles. The van der Waals surface area contributed by atoms with Gasteiger partial charge in [-0.1, -0.05) is 31.0 Å². The monoisotopic (exact) mass is 343 g/mol. The molecule has 1 amide bonds. The first-order chi connectivity index (χ1) is 10.9. The van der Waals surface area contributed by atoms with E-state index in [1.165, 1.54) is 17.0 Å². The molecule has 1 heterocycles. The van der Waals surface area contributed by atoms with Crippen LogP contribution in [-0.2, 0) is 11.2 Å². The number of carbonyl (C=O) groups excluding carboxylic acids is 1. The number of carbonyl (C=O) groups is 1. The minimum atomic E-state index is -0.777. The first kappa shape index (κ1) is 18.2. The Morgan fingerprint density at radius 3 is 2.83 bits per heavy atom. The lowest BCUT2D eigenvalue weighted by Gasteiger charge is -2.44. The minimum Gasteiger partial charge on any atom is -0.396 e. The fourth-order valence-corrected chi connectivity index (χ4v) is 3.49. The Morgan fingerprint density at radius 1 is 1.52 bits per heavy atom. The van der Waals surface area contributed by atoms with Crippen LogP contribution < -0.4 is 0 Å². The second kappa shape index (κ2) is 7.60. The van der Waals surface area contributed by atoms with E-state index in [0.29, 0.717) is 19.4 Å². The van der Waals surface area contributed by atoms with E-state index in [1.54, 1.807) is 6.07 Å². The second-order valence-electron chi connectivity index (χ2n) is 6.25. The molecule has 0 spiro atoms. The molecule has 128 valence electrons. The quantitative estimate of drug-likeness (QED) is 0.863. The summed E-state index contributed by atoms with van der Waals surface area (Å²) in [6.07, 6.45) is 1.21. The zero-order chi connectivity index (χ0) is 17.0. The molecule has 0 aromatic heterocycles. The highest BCUT2D eigenvalue weighted by atomic mass is 35.5. The molecule has 1 fully saturated rings. The Kier molecular flexibility index (Phi) is 6.00. The van der Waals surface area contributed by atoms with Gasteiger partial charge in [0.2, 0.25) is 5.91 Å². The summed E-state index contributed by atoms with van der Waals surface area (Å²) < 4.78 is 13.8. The van der Waals surface area contributed by atoms with Crippen LogP contribution in [0.3, 0.4) is 0 Å². The second-order valence-corrected chi connectivity index (χ2v) is 6.66. The predicted octanol–water partition coefficient (Wildman–Crippen LogP) is 2.39. The number of hydrogen-bond acceptors (Lipinski definition) is 3. The van der Waals surface area contributed by atoms with Gasteiger partial charge in [-0.3, -0.25) is 4.79 Å². The average molecular weight is 344 g/mol. The number of aliphatic hydroxyl groups is 2. The van der Waals surface area contributed by atoms with Gasteiger partial charge in [-0.25, -0.2) is 4.39 Å². The summed E-state index contributed by atoms with van der Waals surface area (Å²) in [4.78, 5) is 13.9. The summed E-state index contributed by atoms with van der Waals surface area (Å²) >= 11 is 5.96. The number of hydrogen-bond donors (Lipinski definition) is 2. The van der Waals surface area contributed by atoms with Crippen LogP contribution >= 0.6 is 11.6 Å². The van der Waals surface area contributed by atoms with Crippen molar-refractivity contribution in [2.45, 2.75) is 38.7 Å². The lowest BCUT2D eigenvalue weighted by molar-refractivity contribution is -0.141. The third-order valence-electron chi connectivity index (χ3n) is 4.78. The van der Waals surface area contributed by atoms with E-state index in [0.717, 1.165) is 6.42 Å². The number of likely N-dealkylation sites (tertiary alicyclic amines) is 1. The summed E-state index contributed by atoms with van der Waals surface area (Å²) in [7, 11) is 0. The molecule has 2 rings (SSSR count). The highest BCUT2D eigenvalue weighted by Gasteiger charge is 2.42. The van der Waals surface area contributed by atoms with Gasteiger partial charge in [-0.2, -0.15) is 0 Å². The summed E-state index contributed by atoms with van der Waals surface area (Å²) in [5.41, 5.74) is -0.359. The molecule has 1 aromatic rings. The molecule has 1 aliphatic heterocycles. The largest absolute Gasteiger partial charge is 0.396 e. The van der Waals surface area contributed by atoms with Gasteiger partial charge >= 0.3 is 0 Å². The van der Waals surface area contributed by atoms with Crippen molar-refractivity contribution in [3.05, 3.63) is 34.6 Å². The molecule has 6 heteroatoms. The van der Waals surface area contributed by atoms with Crippen LogP contribution in [0.5, 0.6) is 0 Å². The summed E-state index contributed by atoms with van der Waals surface area (Å²) in [6, 6.07) is 4.32. The van der Waals surface area contributed by atoms with E-state index < -0.39 is 17.3 Å². The number of aliphatic hydroxyl groups excluding tert-OH is 2. The molecule has 4 nitrogen and oxygen atoms in total. The number of benzene rings is 1. The van der Waals surface area contributed by atoms with Crippen molar-refractivity contribution in [3.63, 3.8) is 0 Å². The third-order valence-corrected chi connectivity index (χ3v) is 5.14. The molecule has 0 bridgehead atoms. The third kappa shape index (κ3) is 3.84. The molecule has 0 radical (unpaired) electrons. The standard InChI is InChI=1S/C17H23ClFNO3/c1-2-6-17(11-21)7-8-20(10-15(17)22)16(23)9-12-13(18)4-3-5-14(12)19/h3-5,15,21-22H,2,6-11H2,1H3/t15-,17-/m1/s1. The van der Waals surface area contributed by atoms with E-state index in [-0.39, 0.29) is 36.1 Å². The first-order valence-electron chi connectivity index (χ1n) is 7.93. The number of piperidine rings is 1. The summed E-state index contributed by atoms with van der Waals surface area (Å²) in [5, 5.41) is 20.3. The molecular weight excluding hydrogens is 321 g/mol. The smallest absolute Gasteiger partial charge is 0.227 e. The number of β-amino-alcohol motifs (C(OH)–C–C–N with tert-alkyl or cyclic N) is 1. The van der Waals surface area contributed by atoms with Gasteiger partial charge in [0.25, 0.3) is 0 Å². The Hall–Kier alpha value is -1.17. The molecule has 0 saturated carbocycles. The average Bonchev–Trinajstić information content (AvgIpc) is 2.53. The molecule has 1 aromatic carbocycles. The van der Waals surface area contributed by atoms with Crippen LogP contribution in [0, 0.1) is 11.2 Å². The van der Waals surface area contributed by atoms with Crippen molar-refractivity contribution in [2.75, 3.05) is 19.7 Å². The van der Waals surface area contributed by atoms with E-state index in [9.17, 15) is 19.4 Å². The van der Waals surface area contributed by atoms with Gasteiger partial charge in [-0.15, -0.1) is 0 Å². The molecule has 0 unspecified atom stereocenters. The van der Waals surface area contributed by atoms with Crippen LogP contribution in [0.2, 0.25) is 5.02 Å². The van der Waals surface area contributed by atoms with Crippen LogP contribution in [0.4, 0.5) is 4.39 Å². The zero-order valence-electron chi connectivity index (χ0n) is 13.3. The van der Waals surface area contributed by atoms with Gasteiger partial charge in [0.05, 0.1) is 19.1 Å². The van der Waals surface area contributed by atoms with Gasteiger partial charge in [0, 0.05) is 29.1 Å². The van der Waals surface area contributed by atoms with E-state index in [2.05, 4.69) is 0 Å². The summed E-state index contributed by atoms with van der Waals surface area (Å²) in [6.45, 7) is 2.51.